The van der Waals surface area contributed by atoms with E-state index in [1.165, 1.54) is 6.07 Å². The molecule has 4 heterocycles. The lowest BCUT2D eigenvalue weighted by atomic mass is 9.90. The van der Waals surface area contributed by atoms with Crippen LogP contribution in [0.5, 0.6) is 23.0 Å². The number of anilines is 2. The van der Waals surface area contributed by atoms with Gasteiger partial charge in [0.2, 0.25) is 9.84 Å². The van der Waals surface area contributed by atoms with Crippen LogP contribution >= 0.6 is 0 Å². The SMILES string of the molecule is Nc1cccc(S(=O)(=O)c2c(CC3CO3)c(CC3CO3)c(CC3CO3)c(N)c2Oc2ccccc2CC2CO2)c1Oc1ccccc1. The third kappa shape index (κ3) is 6.54. The highest BCUT2D eigenvalue weighted by Gasteiger charge is 2.40. The summed E-state index contributed by atoms with van der Waals surface area (Å²) in [5.41, 5.74) is 17.1. The van der Waals surface area contributed by atoms with Crippen molar-refractivity contribution in [2.24, 2.45) is 0 Å². The molecule has 4 aromatic carbocycles. The van der Waals surface area contributed by atoms with Gasteiger partial charge in [-0.3, -0.25) is 0 Å². The molecule has 0 radical (unpaired) electrons. The van der Waals surface area contributed by atoms with Crippen LogP contribution in [0, 0.1) is 0 Å². The second-order valence-corrected chi connectivity index (χ2v) is 14.3. The molecule has 0 saturated carbocycles. The number of rotatable bonds is 14. The molecule has 47 heavy (non-hydrogen) atoms. The van der Waals surface area contributed by atoms with Crippen LogP contribution in [0.2, 0.25) is 0 Å². The Balaban J connectivity index is 1.36. The monoisotopic (exact) mass is 656 g/mol. The molecule has 4 N–H and O–H groups in total. The largest absolute Gasteiger partial charge is 0.454 e. The van der Waals surface area contributed by atoms with Crippen LogP contribution in [-0.2, 0) is 54.5 Å². The molecular formula is C36H36N2O8S. The first kappa shape index (κ1) is 30.2. The number of para-hydroxylation sites is 3. The molecule has 4 fully saturated rings. The zero-order chi connectivity index (χ0) is 32.1. The Hall–Kier alpha value is -4.13. The molecule has 244 valence electrons. The maximum Gasteiger partial charge on any atom is 0.214 e. The number of nitrogen functional groups attached to an aromatic ring is 2. The number of epoxide rings is 4. The lowest BCUT2D eigenvalue weighted by molar-refractivity contribution is 0.394. The van der Waals surface area contributed by atoms with Crippen LogP contribution in [-0.4, -0.2) is 59.3 Å². The van der Waals surface area contributed by atoms with E-state index in [0.717, 1.165) is 16.7 Å². The summed E-state index contributed by atoms with van der Waals surface area (Å²) in [6, 6.07) is 21.3. The highest BCUT2D eigenvalue weighted by atomic mass is 32.2. The second kappa shape index (κ2) is 12.1. The van der Waals surface area contributed by atoms with E-state index < -0.39 is 9.84 Å². The Bertz CT molecular complexity index is 1920. The molecule has 4 aromatic rings. The summed E-state index contributed by atoms with van der Waals surface area (Å²) in [5.74, 6) is 1.08. The van der Waals surface area contributed by atoms with Crippen LogP contribution in [0.15, 0.2) is 82.6 Å². The summed E-state index contributed by atoms with van der Waals surface area (Å²) in [7, 11) is -4.39. The standard InChI is InChI=1S/C36H36N2O8S/c37-30-10-6-12-32(34(30)45-22-8-2-1-3-9-22)47(39,40)36-29(16-26-20-44-26)27(14-24-18-42-24)28(15-25-19-43-25)33(38)35(36)46-31-11-5-4-7-21(31)13-23-17-41-23/h1-12,23-26H,13-20,37-38H2. The van der Waals surface area contributed by atoms with Crippen LogP contribution in [0.3, 0.4) is 0 Å². The van der Waals surface area contributed by atoms with Gasteiger partial charge < -0.3 is 39.9 Å². The summed E-state index contributed by atoms with van der Waals surface area (Å²) < 4.78 is 65.9. The Morgan fingerprint density at radius 2 is 1.19 bits per heavy atom. The topological polar surface area (TPSA) is 155 Å². The maximum absolute atomic E-state index is 15.3. The van der Waals surface area contributed by atoms with Gasteiger partial charge in [-0.15, -0.1) is 0 Å². The zero-order valence-electron chi connectivity index (χ0n) is 25.7. The van der Waals surface area contributed by atoms with Gasteiger partial charge in [-0.25, -0.2) is 8.42 Å². The molecule has 0 amide bonds. The highest BCUT2D eigenvalue weighted by Crippen LogP contribution is 2.49. The van der Waals surface area contributed by atoms with Gasteiger partial charge in [-0.1, -0.05) is 42.5 Å². The number of sulfone groups is 1. The number of hydrogen-bond donors (Lipinski definition) is 2. The van der Waals surface area contributed by atoms with Gasteiger partial charge in [0.05, 0.1) is 62.2 Å². The van der Waals surface area contributed by atoms with Crippen molar-refractivity contribution in [2.45, 2.75) is 59.9 Å². The second-order valence-electron chi connectivity index (χ2n) is 12.4. The smallest absolute Gasteiger partial charge is 0.214 e. The van der Waals surface area contributed by atoms with Gasteiger partial charge in [-0.2, -0.15) is 0 Å². The number of nitrogens with two attached hydrogens (primary N) is 2. The van der Waals surface area contributed by atoms with Crippen molar-refractivity contribution in [3.05, 3.63) is 95.1 Å². The van der Waals surface area contributed by atoms with E-state index in [1.807, 2.05) is 42.5 Å². The van der Waals surface area contributed by atoms with Crippen molar-refractivity contribution in [1.29, 1.82) is 0 Å². The molecule has 0 aromatic heterocycles. The summed E-state index contributed by atoms with van der Waals surface area (Å²) in [6.07, 6.45) is 1.96. The molecule has 10 nitrogen and oxygen atoms in total. The summed E-state index contributed by atoms with van der Waals surface area (Å²) >= 11 is 0. The van der Waals surface area contributed by atoms with Gasteiger partial charge in [0.1, 0.15) is 21.3 Å². The van der Waals surface area contributed by atoms with E-state index in [-0.39, 0.29) is 57.1 Å². The molecule has 4 atom stereocenters. The van der Waals surface area contributed by atoms with E-state index in [1.54, 1.807) is 24.3 Å². The summed E-state index contributed by atoms with van der Waals surface area (Å²) in [5, 5.41) is 0. The van der Waals surface area contributed by atoms with E-state index in [0.29, 0.717) is 69.2 Å². The number of hydrogen-bond acceptors (Lipinski definition) is 10. The molecule has 4 unspecified atom stereocenters. The molecule has 0 aliphatic carbocycles. The zero-order valence-corrected chi connectivity index (χ0v) is 26.5. The van der Waals surface area contributed by atoms with Crippen molar-refractivity contribution >= 4 is 21.2 Å². The van der Waals surface area contributed by atoms with Gasteiger partial charge in [0.15, 0.2) is 11.5 Å². The van der Waals surface area contributed by atoms with Crippen LogP contribution < -0.4 is 20.9 Å². The normalized spacial score (nSPS) is 22.5. The van der Waals surface area contributed by atoms with E-state index in [9.17, 15) is 0 Å². The van der Waals surface area contributed by atoms with Crippen LogP contribution in [0.1, 0.15) is 22.3 Å². The fourth-order valence-corrected chi connectivity index (χ4v) is 7.89. The van der Waals surface area contributed by atoms with Crippen LogP contribution in [0.25, 0.3) is 0 Å². The Kier molecular flexibility index (Phi) is 7.81. The lowest BCUT2D eigenvalue weighted by Gasteiger charge is -2.26. The molecule has 4 aliphatic rings. The van der Waals surface area contributed by atoms with Crippen molar-refractivity contribution in [1.82, 2.24) is 0 Å². The van der Waals surface area contributed by atoms with Crippen LogP contribution in [0.4, 0.5) is 11.4 Å². The molecule has 0 bridgehead atoms. The first-order valence-electron chi connectivity index (χ1n) is 15.9. The van der Waals surface area contributed by atoms with Gasteiger partial charge in [0, 0.05) is 25.7 Å². The average molecular weight is 657 g/mol. The van der Waals surface area contributed by atoms with E-state index >= 15 is 8.42 Å². The van der Waals surface area contributed by atoms with Gasteiger partial charge in [-0.05, 0) is 52.6 Å². The minimum atomic E-state index is -4.39. The average Bonchev–Trinajstić information content (AvgIpc) is 3.84. The maximum atomic E-state index is 15.3. The number of ether oxygens (including phenoxy) is 6. The third-order valence-corrected chi connectivity index (χ3v) is 10.7. The molecule has 0 spiro atoms. The third-order valence-electron chi connectivity index (χ3n) is 8.85. The fraction of sp³-hybridized carbons (Fsp3) is 0.333. The summed E-state index contributed by atoms with van der Waals surface area (Å²) in [4.78, 5) is -0.0993. The minimum absolute atomic E-state index is 0.00407. The number of benzene rings is 4. The highest BCUT2D eigenvalue weighted by molar-refractivity contribution is 7.91. The first-order chi connectivity index (χ1) is 22.8. The quantitative estimate of drug-likeness (QED) is 0.139. The Morgan fingerprint density at radius 1 is 0.617 bits per heavy atom. The predicted molar refractivity (Wildman–Crippen MR) is 174 cm³/mol. The fourth-order valence-electron chi connectivity index (χ4n) is 6.08. The molecule has 4 saturated heterocycles. The first-order valence-corrected chi connectivity index (χ1v) is 17.4. The molecular weight excluding hydrogens is 620 g/mol. The molecule has 8 rings (SSSR count). The van der Waals surface area contributed by atoms with E-state index in [2.05, 4.69) is 0 Å². The van der Waals surface area contributed by atoms with Crippen molar-refractivity contribution in [3.63, 3.8) is 0 Å². The van der Waals surface area contributed by atoms with Crippen molar-refractivity contribution < 1.29 is 36.8 Å². The summed E-state index contributed by atoms with van der Waals surface area (Å²) in [6.45, 7) is 2.42. The molecule has 11 heteroatoms. The van der Waals surface area contributed by atoms with Gasteiger partial charge in [0.25, 0.3) is 0 Å². The van der Waals surface area contributed by atoms with Crippen molar-refractivity contribution in [2.75, 3.05) is 37.9 Å². The van der Waals surface area contributed by atoms with Crippen molar-refractivity contribution in [3.8, 4) is 23.0 Å². The minimum Gasteiger partial charge on any atom is -0.454 e. The Labute approximate surface area is 273 Å². The Morgan fingerprint density at radius 3 is 1.85 bits per heavy atom. The van der Waals surface area contributed by atoms with E-state index in [4.69, 9.17) is 39.9 Å². The predicted octanol–water partition coefficient (Wildman–Crippen LogP) is 5.03. The molecule has 4 aliphatic heterocycles. The van der Waals surface area contributed by atoms with Gasteiger partial charge >= 0.3 is 0 Å². The lowest BCUT2D eigenvalue weighted by Crippen LogP contribution is -2.19.